The summed E-state index contributed by atoms with van der Waals surface area (Å²) in [6, 6.07) is 4.44. The minimum atomic E-state index is -4.61. The summed E-state index contributed by atoms with van der Waals surface area (Å²) in [5.74, 6) is -1.75. The minimum absolute atomic E-state index is 0.0694. The molecule has 0 aromatic heterocycles. The number of rotatable bonds is 7. The number of imide groups is 1. The van der Waals surface area contributed by atoms with Gasteiger partial charge in [-0.2, -0.15) is 17.6 Å². The molecule has 0 fully saturated rings. The summed E-state index contributed by atoms with van der Waals surface area (Å²) >= 11 is 0. The number of carbonyl (C=O) groups is 2. The summed E-state index contributed by atoms with van der Waals surface area (Å²) in [4.78, 5) is 24.3. The number of β-amino-alcohol motifs (C(OH)–C–C–N with tert-alkyl or cyclic N) is 1. The van der Waals surface area contributed by atoms with Crippen molar-refractivity contribution in [3.8, 4) is 5.75 Å². The molecular weight excluding hydrogens is 336 g/mol. The van der Waals surface area contributed by atoms with Gasteiger partial charge in [0.15, 0.2) is 0 Å². The predicted molar refractivity (Wildman–Crippen MR) is 73.5 cm³/mol. The van der Waals surface area contributed by atoms with Crippen LogP contribution in [0.3, 0.4) is 0 Å². The number of ether oxygens (including phenoxy) is 1. The van der Waals surface area contributed by atoms with Crippen LogP contribution in [0.5, 0.6) is 5.75 Å². The number of hydrogen-bond acceptors (Lipinski definition) is 5. The molecule has 0 bridgehead atoms. The fraction of sp³-hybridized carbons (Fsp3) is 0.286. The molecule has 0 radical (unpaired) electrons. The normalized spacial score (nSPS) is 15.1. The van der Waals surface area contributed by atoms with E-state index in [0.29, 0.717) is 0 Å². The number of halogens is 4. The third-order valence-electron chi connectivity index (χ3n) is 2.97. The van der Waals surface area contributed by atoms with E-state index in [-0.39, 0.29) is 24.5 Å². The molecule has 0 aliphatic carbocycles. The third kappa shape index (κ3) is 3.82. The average molecular weight is 348 g/mol. The van der Waals surface area contributed by atoms with Crippen molar-refractivity contribution in [3.05, 3.63) is 36.0 Å². The zero-order chi connectivity index (χ0) is 17.9. The van der Waals surface area contributed by atoms with Gasteiger partial charge in [0.2, 0.25) is 0 Å². The van der Waals surface area contributed by atoms with Crippen LogP contribution in [0.1, 0.15) is 0 Å². The largest absolute Gasteiger partial charge is 0.461 e. The molecular formula is C14H12F4N2O4. The van der Waals surface area contributed by atoms with Gasteiger partial charge >= 0.3 is 12.5 Å². The summed E-state index contributed by atoms with van der Waals surface area (Å²) in [6.45, 7) is -0.544. The highest BCUT2D eigenvalue weighted by Crippen LogP contribution is 2.28. The molecule has 0 unspecified atom stereocenters. The Hall–Kier alpha value is -2.62. The van der Waals surface area contributed by atoms with Gasteiger partial charge in [0.1, 0.15) is 11.4 Å². The Morgan fingerprint density at radius 2 is 1.83 bits per heavy atom. The second-order valence-electron chi connectivity index (χ2n) is 4.69. The molecule has 1 aliphatic rings. The van der Waals surface area contributed by atoms with Gasteiger partial charge in [-0.1, -0.05) is 0 Å². The van der Waals surface area contributed by atoms with Crippen LogP contribution in [-0.2, 0) is 9.59 Å². The number of carbonyl (C=O) groups excluding carboxylic acids is 2. The first-order valence-electron chi connectivity index (χ1n) is 6.65. The number of nitrogens with one attached hydrogen (secondary N) is 1. The topological polar surface area (TPSA) is 78.9 Å². The molecule has 1 aromatic rings. The summed E-state index contributed by atoms with van der Waals surface area (Å²) in [5, 5.41) is 11.4. The Balaban J connectivity index is 2.04. The van der Waals surface area contributed by atoms with Crippen LogP contribution in [0.25, 0.3) is 0 Å². The van der Waals surface area contributed by atoms with Crippen LogP contribution >= 0.6 is 0 Å². The lowest BCUT2D eigenvalue weighted by atomic mass is 10.3. The van der Waals surface area contributed by atoms with Crippen molar-refractivity contribution >= 4 is 17.5 Å². The Morgan fingerprint density at radius 1 is 1.21 bits per heavy atom. The van der Waals surface area contributed by atoms with Gasteiger partial charge in [0.05, 0.1) is 13.2 Å². The molecule has 1 heterocycles. The standard InChI is InChI=1S/C14H12F4N2O4/c15-13(16)14(17,18)24-9-3-1-8(2-4-9)19-10-7-11(22)20(5-6-21)12(10)23/h1-4,7,13,19,21H,5-6H2. The molecule has 2 amide bonds. The van der Waals surface area contributed by atoms with Gasteiger partial charge in [-0.3, -0.25) is 14.5 Å². The quantitative estimate of drug-likeness (QED) is 0.578. The highest BCUT2D eigenvalue weighted by molar-refractivity contribution is 6.17. The minimum Gasteiger partial charge on any atom is -0.428 e. The molecule has 0 atom stereocenters. The van der Waals surface area contributed by atoms with E-state index >= 15 is 0 Å². The Labute approximate surface area is 133 Å². The van der Waals surface area contributed by atoms with Gasteiger partial charge in [-0.15, -0.1) is 0 Å². The number of aliphatic hydroxyl groups excluding tert-OH is 1. The Bertz CT molecular complexity index is 661. The van der Waals surface area contributed by atoms with E-state index in [1.54, 1.807) is 0 Å². The Morgan fingerprint density at radius 3 is 2.38 bits per heavy atom. The second-order valence-corrected chi connectivity index (χ2v) is 4.69. The lowest BCUT2D eigenvalue weighted by molar-refractivity contribution is -0.253. The molecule has 1 aliphatic heterocycles. The smallest absolute Gasteiger partial charge is 0.428 e. The predicted octanol–water partition coefficient (Wildman–Crippen LogP) is 1.58. The van der Waals surface area contributed by atoms with E-state index in [1.165, 1.54) is 12.1 Å². The zero-order valence-corrected chi connectivity index (χ0v) is 12.0. The molecule has 0 saturated carbocycles. The summed E-state index contributed by atoms with van der Waals surface area (Å²) in [7, 11) is 0. The third-order valence-corrected chi connectivity index (χ3v) is 2.97. The maximum atomic E-state index is 12.8. The van der Waals surface area contributed by atoms with Crippen LogP contribution in [0, 0.1) is 0 Å². The first-order valence-corrected chi connectivity index (χ1v) is 6.65. The highest BCUT2D eigenvalue weighted by atomic mass is 19.3. The molecule has 2 N–H and O–H groups in total. The van der Waals surface area contributed by atoms with Crippen LogP contribution in [0.4, 0.5) is 23.2 Å². The first-order chi connectivity index (χ1) is 11.2. The number of nitrogens with zero attached hydrogens (tertiary/aromatic N) is 1. The average Bonchev–Trinajstić information content (AvgIpc) is 2.77. The number of hydrogen-bond donors (Lipinski definition) is 2. The van der Waals surface area contributed by atoms with Crippen molar-refractivity contribution in [1.29, 1.82) is 0 Å². The van der Waals surface area contributed by atoms with E-state index in [4.69, 9.17) is 5.11 Å². The van der Waals surface area contributed by atoms with Gasteiger partial charge < -0.3 is 15.2 Å². The Kier molecular flexibility index (Phi) is 5.07. The van der Waals surface area contributed by atoms with Crippen molar-refractivity contribution in [2.75, 3.05) is 18.5 Å². The second kappa shape index (κ2) is 6.87. The van der Waals surface area contributed by atoms with E-state index in [0.717, 1.165) is 23.1 Å². The summed E-state index contributed by atoms with van der Waals surface area (Å²) < 4.78 is 53.5. The maximum Gasteiger partial charge on any atom is 0.461 e. The molecule has 2 rings (SSSR count). The molecule has 10 heteroatoms. The fourth-order valence-corrected chi connectivity index (χ4v) is 1.87. The van der Waals surface area contributed by atoms with Crippen LogP contribution in [0.2, 0.25) is 0 Å². The zero-order valence-electron chi connectivity index (χ0n) is 12.0. The molecule has 24 heavy (non-hydrogen) atoms. The van der Waals surface area contributed by atoms with Crippen molar-refractivity contribution in [2.24, 2.45) is 0 Å². The van der Waals surface area contributed by atoms with Crippen LogP contribution in [-0.4, -0.2) is 47.5 Å². The lowest BCUT2D eigenvalue weighted by Crippen LogP contribution is -2.34. The van der Waals surface area contributed by atoms with Gasteiger partial charge in [0.25, 0.3) is 11.8 Å². The van der Waals surface area contributed by atoms with E-state index < -0.39 is 30.1 Å². The van der Waals surface area contributed by atoms with Crippen molar-refractivity contribution in [2.45, 2.75) is 12.5 Å². The molecule has 1 aromatic carbocycles. The van der Waals surface area contributed by atoms with E-state index in [1.807, 2.05) is 0 Å². The van der Waals surface area contributed by atoms with Gasteiger partial charge in [-0.25, -0.2) is 0 Å². The maximum absolute atomic E-state index is 12.8. The number of anilines is 1. The lowest BCUT2D eigenvalue weighted by Gasteiger charge is -2.17. The monoisotopic (exact) mass is 348 g/mol. The molecule has 0 spiro atoms. The molecule has 6 nitrogen and oxygen atoms in total. The summed E-state index contributed by atoms with van der Waals surface area (Å²) in [5.41, 5.74) is 0.181. The summed E-state index contributed by atoms with van der Waals surface area (Å²) in [6.07, 6.45) is -7.57. The van der Waals surface area contributed by atoms with Crippen molar-refractivity contribution < 1.29 is 37.0 Å². The number of alkyl halides is 4. The molecule has 0 saturated heterocycles. The molecule has 130 valence electrons. The van der Waals surface area contributed by atoms with Gasteiger partial charge in [-0.05, 0) is 24.3 Å². The SMILES string of the molecule is O=C1C=C(Nc2ccc(OC(F)(F)C(F)F)cc2)C(=O)N1CCO. The number of amides is 2. The number of benzene rings is 1. The van der Waals surface area contributed by atoms with Crippen LogP contribution in [0.15, 0.2) is 36.0 Å². The highest BCUT2D eigenvalue weighted by Gasteiger charge is 2.43. The van der Waals surface area contributed by atoms with E-state index in [2.05, 4.69) is 10.1 Å². The fourth-order valence-electron chi connectivity index (χ4n) is 1.87. The van der Waals surface area contributed by atoms with Crippen molar-refractivity contribution in [3.63, 3.8) is 0 Å². The van der Waals surface area contributed by atoms with Crippen LogP contribution < -0.4 is 10.1 Å². The number of aliphatic hydroxyl groups is 1. The van der Waals surface area contributed by atoms with Crippen molar-refractivity contribution in [1.82, 2.24) is 4.90 Å². The van der Waals surface area contributed by atoms with E-state index in [9.17, 15) is 27.2 Å². The van der Waals surface area contributed by atoms with Gasteiger partial charge in [0, 0.05) is 11.8 Å². The first kappa shape index (κ1) is 17.7.